The Morgan fingerprint density at radius 1 is 1.08 bits per heavy atom. The van der Waals surface area contributed by atoms with E-state index in [0.29, 0.717) is 25.1 Å². The predicted molar refractivity (Wildman–Crippen MR) is 91.3 cm³/mol. The monoisotopic (exact) mass is 324 g/mol. The number of hydrogen-bond donors (Lipinski definition) is 0. The molecule has 2 aliphatic heterocycles. The Labute approximate surface area is 140 Å². The van der Waals surface area contributed by atoms with Crippen LogP contribution in [0.2, 0.25) is 0 Å². The van der Waals surface area contributed by atoms with E-state index in [9.17, 15) is 9.59 Å². The molecule has 1 aromatic carbocycles. The standard InChI is InChI=1S/C18H20N4O2/c1-20-7-5-12-3-4-13(9-16(12)20)18(24)22-8-6-15-14(11-22)10-17(23)21(2)19-15/h3-4,9-10H,5-8,11H2,1-2H3. The fourth-order valence-corrected chi connectivity index (χ4v) is 3.52. The lowest BCUT2D eigenvalue weighted by molar-refractivity contribution is 0.0732. The Morgan fingerprint density at radius 2 is 1.92 bits per heavy atom. The first-order chi connectivity index (χ1) is 11.5. The van der Waals surface area contributed by atoms with Crippen molar-refractivity contribution in [1.29, 1.82) is 0 Å². The second-order valence-electron chi connectivity index (χ2n) is 6.57. The molecule has 2 aliphatic rings. The van der Waals surface area contributed by atoms with Crippen LogP contribution in [0.3, 0.4) is 0 Å². The van der Waals surface area contributed by atoms with Gasteiger partial charge in [0, 0.05) is 63.0 Å². The average Bonchev–Trinajstić information content (AvgIpc) is 2.95. The lowest BCUT2D eigenvalue weighted by Crippen LogP contribution is -2.38. The van der Waals surface area contributed by atoms with Crippen molar-refractivity contribution in [2.45, 2.75) is 19.4 Å². The minimum absolute atomic E-state index is 0.0180. The van der Waals surface area contributed by atoms with Gasteiger partial charge in [-0.3, -0.25) is 9.59 Å². The van der Waals surface area contributed by atoms with Crippen molar-refractivity contribution in [3.05, 3.63) is 57.0 Å². The molecule has 0 bridgehead atoms. The molecule has 0 unspecified atom stereocenters. The Bertz CT molecular complexity index is 887. The van der Waals surface area contributed by atoms with Crippen LogP contribution in [0, 0.1) is 0 Å². The molecule has 4 rings (SSSR count). The second kappa shape index (κ2) is 5.47. The summed E-state index contributed by atoms with van der Waals surface area (Å²) in [4.78, 5) is 28.7. The number of aromatic nitrogens is 2. The van der Waals surface area contributed by atoms with Crippen LogP contribution in [0.1, 0.15) is 27.2 Å². The highest BCUT2D eigenvalue weighted by atomic mass is 16.2. The van der Waals surface area contributed by atoms with Crippen molar-refractivity contribution in [2.24, 2.45) is 7.05 Å². The smallest absolute Gasteiger partial charge is 0.266 e. The molecule has 0 saturated carbocycles. The highest BCUT2D eigenvalue weighted by molar-refractivity contribution is 5.95. The van der Waals surface area contributed by atoms with Crippen molar-refractivity contribution in [3.63, 3.8) is 0 Å². The van der Waals surface area contributed by atoms with E-state index in [1.165, 1.54) is 10.2 Å². The topological polar surface area (TPSA) is 58.4 Å². The van der Waals surface area contributed by atoms with Crippen molar-refractivity contribution >= 4 is 11.6 Å². The maximum Gasteiger partial charge on any atom is 0.266 e. The van der Waals surface area contributed by atoms with E-state index in [-0.39, 0.29) is 11.5 Å². The zero-order valence-electron chi connectivity index (χ0n) is 14.0. The quantitative estimate of drug-likeness (QED) is 0.784. The SMILES string of the molecule is CN1CCc2ccc(C(=O)N3CCc4nn(C)c(=O)cc4C3)cc21. The van der Waals surface area contributed by atoms with Crippen LogP contribution in [0.25, 0.3) is 0 Å². The van der Waals surface area contributed by atoms with Gasteiger partial charge in [0.05, 0.1) is 5.69 Å². The van der Waals surface area contributed by atoms with E-state index in [2.05, 4.69) is 23.1 Å². The van der Waals surface area contributed by atoms with Gasteiger partial charge >= 0.3 is 0 Å². The van der Waals surface area contributed by atoms with Gasteiger partial charge in [0.25, 0.3) is 11.5 Å². The van der Waals surface area contributed by atoms with Gasteiger partial charge in [-0.15, -0.1) is 0 Å². The average molecular weight is 324 g/mol. The van der Waals surface area contributed by atoms with Crippen LogP contribution in [0.5, 0.6) is 0 Å². The zero-order chi connectivity index (χ0) is 16.8. The molecule has 6 heteroatoms. The maximum atomic E-state index is 12.9. The number of amides is 1. The second-order valence-corrected chi connectivity index (χ2v) is 6.57. The first-order valence-corrected chi connectivity index (χ1v) is 8.22. The third kappa shape index (κ3) is 2.38. The first-order valence-electron chi connectivity index (χ1n) is 8.22. The summed E-state index contributed by atoms with van der Waals surface area (Å²) in [7, 11) is 3.71. The fourth-order valence-electron chi connectivity index (χ4n) is 3.52. The lowest BCUT2D eigenvalue weighted by atomic mass is 10.0. The molecule has 0 radical (unpaired) electrons. The van der Waals surface area contributed by atoms with Crippen LogP contribution in [0.15, 0.2) is 29.1 Å². The summed E-state index contributed by atoms with van der Waals surface area (Å²) in [5.41, 5.74) is 4.79. The zero-order valence-corrected chi connectivity index (χ0v) is 14.0. The third-order valence-electron chi connectivity index (χ3n) is 4.99. The van der Waals surface area contributed by atoms with Crippen LogP contribution >= 0.6 is 0 Å². The van der Waals surface area contributed by atoms with E-state index in [1.54, 1.807) is 18.0 Å². The molecule has 0 fully saturated rings. The number of hydrogen-bond acceptors (Lipinski definition) is 4. The number of fused-ring (bicyclic) bond motifs is 2. The summed E-state index contributed by atoms with van der Waals surface area (Å²) in [6.45, 7) is 2.08. The third-order valence-corrected chi connectivity index (χ3v) is 4.99. The van der Waals surface area contributed by atoms with Gasteiger partial charge in [-0.2, -0.15) is 5.10 Å². The van der Waals surface area contributed by atoms with Crippen LogP contribution < -0.4 is 10.5 Å². The molecule has 0 aliphatic carbocycles. The number of likely N-dealkylation sites (N-methyl/N-ethyl adjacent to an activating group) is 1. The summed E-state index contributed by atoms with van der Waals surface area (Å²) >= 11 is 0. The molecule has 6 nitrogen and oxygen atoms in total. The molecule has 1 aromatic heterocycles. The van der Waals surface area contributed by atoms with Crippen LogP contribution in [0.4, 0.5) is 5.69 Å². The van der Waals surface area contributed by atoms with E-state index in [1.807, 2.05) is 12.1 Å². The van der Waals surface area contributed by atoms with Crippen molar-refractivity contribution in [3.8, 4) is 0 Å². The Hall–Kier alpha value is -2.63. The molecule has 3 heterocycles. The van der Waals surface area contributed by atoms with Crippen molar-refractivity contribution < 1.29 is 4.79 Å². The number of carbonyl (C=O) groups is 1. The molecular weight excluding hydrogens is 304 g/mol. The highest BCUT2D eigenvalue weighted by Gasteiger charge is 2.25. The van der Waals surface area contributed by atoms with E-state index in [4.69, 9.17) is 0 Å². The summed E-state index contributed by atoms with van der Waals surface area (Å²) in [6, 6.07) is 7.56. The van der Waals surface area contributed by atoms with E-state index >= 15 is 0 Å². The van der Waals surface area contributed by atoms with Gasteiger partial charge in [0.15, 0.2) is 0 Å². The summed E-state index contributed by atoms with van der Waals surface area (Å²) in [5, 5.41) is 4.30. The lowest BCUT2D eigenvalue weighted by Gasteiger charge is -2.28. The van der Waals surface area contributed by atoms with E-state index < -0.39 is 0 Å². The predicted octanol–water partition coefficient (Wildman–Crippen LogP) is 0.971. The minimum Gasteiger partial charge on any atom is -0.374 e. The molecule has 124 valence electrons. The minimum atomic E-state index is -0.137. The molecule has 1 amide bonds. The molecule has 0 spiro atoms. The van der Waals surface area contributed by atoms with Gasteiger partial charge in [0.2, 0.25) is 0 Å². The fraction of sp³-hybridized carbons (Fsp3) is 0.389. The number of carbonyl (C=O) groups excluding carboxylic acids is 1. The Morgan fingerprint density at radius 3 is 2.75 bits per heavy atom. The molecule has 24 heavy (non-hydrogen) atoms. The molecule has 0 saturated heterocycles. The van der Waals surface area contributed by atoms with Crippen LogP contribution in [-0.2, 0) is 26.4 Å². The van der Waals surface area contributed by atoms with Gasteiger partial charge in [-0.05, 0) is 24.1 Å². The summed E-state index contributed by atoms with van der Waals surface area (Å²) in [6.07, 6.45) is 1.71. The molecule has 0 N–H and O–H groups in total. The number of benzene rings is 1. The van der Waals surface area contributed by atoms with E-state index in [0.717, 1.165) is 29.9 Å². The number of anilines is 1. The Balaban J connectivity index is 1.61. The normalized spacial score (nSPS) is 16.1. The van der Waals surface area contributed by atoms with Gasteiger partial charge in [-0.25, -0.2) is 4.68 Å². The Kier molecular flexibility index (Phi) is 3.40. The molecule has 0 atom stereocenters. The largest absolute Gasteiger partial charge is 0.374 e. The van der Waals surface area contributed by atoms with Gasteiger partial charge < -0.3 is 9.80 Å². The molecular formula is C18H20N4O2. The summed E-state index contributed by atoms with van der Waals surface area (Å²) in [5.74, 6) is 0.0180. The first kappa shape index (κ1) is 14.9. The van der Waals surface area contributed by atoms with Crippen molar-refractivity contribution in [1.82, 2.24) is 14.7 Å². The summed E-state index contributed by atoms with van der Waals surface area (Å²) < 4.78 is 1.35. The number of aryl methyl sites for hydroxylation is 1. The van der Waals surface area contributed by atoms with Crippen molar-refractivity contribution in [2.75, 3.05) is 25.0 Å². The van der Waals surface area contributed by atoms with Crippen LogP contribution in [-0.4, -0.2) is 40.7 Å². The highest BCUT2D eigenvalue weighted by Crippen LogP contribution is 2.28. The number of nitrogens with zero attached hydrogens (tertiary/aromatic N) is 4. The maximum absolute atomic E-state index is 12.9. The molecule has 2 aromatic rings. The van der Waals surface area contributed by atoms with Gasteiger partial charge in [0.1, 0.15) is 0 Å². The number of rotatable bonds is 1. The van der Waals surface area contributed by atoms with Gasteiger partial charge in [-0.1, -0.05) is 6.07 Å².